The Morgan fingerprint density at radius 3 is 2.50 bits per heavy atom. The van der Waals surface area contributed by atoms with E-state index in [-0.39, 0.29) is 17.3 Å². The van der Waals surface area contributed by atoms with Crippen LogP contribution in [0.15, 0.2) is 18.2 Å². The van der Waals surface area contributed by atoms with E-state index in [0.717, 1.165) is 25.0 Å². The van der Waals surface area contributed by atoms with Crippen molar-refractivity contribution >= 4 is 11.6 Å². The summed E-state index contributed by atoms with van der Waals surface area (Å²) in [5, 5.41) is 2.63. The first-order valence-electron chi connectivity index (χ1n) is 5.40. The zero-order chi connectivity index (χ0) is 13.3. The van der Waals surface area contributed by atoms with E-state index in [4.69, 9.17) is 5.84 Å². The third-order valence-corrected chi connectivity index (χ3v) is 2.66. The lowest BCUT2D eigenvalue weighted by Crippen LogP contribution is -2.26. The molecule has 1 amide bonds. The molecule has 1 aliphatic rings. The number of carbonyl (C=O) groups is 1. The van der Waals surface area contributed by atoms with E-state index in [1.54, 1.807) is 0 Å². The summed E-state index contributed by atoms with van der Waals surface area (Å²) in [6, 6.07) is 3.35. The van der Waals surface area contributed by atoms with Gasteiger partial charge in [-0.05, 0) is 31.0 Å². The van der Waals surface area contributed by atoms with Crippen molar-refractivity contribution in [3.05, 3.63) is 29.3 Å². The number of halogens is 3. The van der Waals surface area contributed by atoms with Crippen LogP contribution in [-0.4, -0.2) is 11.9 Å². The molecule has 0 saturated heterocycles. The number of benzene rings is 1. The predicted octanol–water partition coefficient (Wildman–Crippen LogP) is 1.88. The number of anilines is 1. The highest BCUT2D eigenvalue weighted by molar-refractivity contribution is 5.95. The molecule has 0 heterocycles. The second kappa shape index (κ2) is 4.49. The summed E-state index contributed by atoms with van der Waals surface area (Å²) >= 11 is 0. The molecule has 0 aliphatic heterocycles. The van der Waals surface area contributed by atoms with Crippen molar-refractivity contribution in [3.8, 4) is 0 Å². The molecule has 0 bridgehead atoms. The van der Waals surface area contributed by atoms with Crippen LogP contribution in [0.4, 0.5) is 18.9 Å². The third kappa shape index (κ3) is 2.73. The molecule has 0 atom stereocenters. The van der Waals surface area contributed by atoms with E-state index in [2.05, 4.69) is 5.32 Å². The monoisotopic (exact) mass is 259 g/mol. The zero-order valence-corrected chi connectivity index (χ0v) is 9.34. The predicted molar refractivity (Wildman–Crippen MR) is 59.7 cm³/mol. The molecule has 0 radical (unpaired) electrons. The fraction of sp³-hybridized carbons (Fsp3) is 0.364. The molecule has 4 nitrogen and oxygen atoms in total. The van der Waals surface area contributed by atoms with Gasteiger partial charge in [-0.3, -0.25) is 10.6 Å². The summed E-state index contributed by atoms with van der Waals surface area (Å²) in [7, 11) is 0. The molecule has 18 heavy (non-hydrogen) atoms. The molecule has 4 N–H and O–H groups in total. The van der Waals surface area contributed by atoms with Crippen LogP contribution in [0.1, 0.15) is 28.8 Å². The Morgan fingerprint density at radius 1 is 1.33 bits per heavy atom. The van der Waals surface area contributed by atoms with Crippen molar-refractivity contribution in [1.82, 2.24) is 5.32 Å². The minimum absolute atomic E-state index is 0.0202. The zero-order valence-electron chi connectivity index (χ0n) is 9.34. The van der Waals surface area contributed by atoms with E-state index in [9.17, 15) is 18.0 Å². The van der Waals surface area contributed by atoms with E-state index in [1.165, 1.54) is 6.07 Å². The minimum atomic E-state index is -4.56. The third-order valence-electron chi connectivity index (χ3n) is 2.66. The number of nitrogens with one attached hydrogen (secondary N) is 2. The number of hydrogen-bond acceptors (Lipinski definition) is 3. The molecule has 1 aliphatic carbocycles. The van der Waals surface area contributed by atoms with Gasteiger partial charge in [-0.2, -0.15) is 13.2 Å². The molecule has 0 unspecified atom stereocenters. The van der Waals surface area contributed by atoms with Crippen LogP contribution in [0.3, 0.4) is 0 Å². The Bertz CT molecular complexity index is 469. The summed E-state index contributed by atoms with van der Waals surface area (Å²) in [5.74, 6) is 4.52. The number of hydrogen-bond donors (Lipinski definition) is 3. The molecule has 98 valence electrons. The maximum atomic E-state index is 12.7. The van der Waals surface area contributed by atoms with Gasteiger partial charge < -0.3 is 10.7 Å². The van der Waals surface area contributed by atoms with Crippen LogP contribution >= 0.6 is 0 Å². The quantitative estimate of drug-likeness (QED) is 0.573. The van der Waals surface area contributed by atoms with Crippen molar-refractivity contribution in [3.63, 3.8) is 0 Å². The van der Waals surface area contributed by atoms with Gasteiger partial charge in [0.1, 0.15) is 0 Å². The van der Waals surface area contributed by atoms with Gasteiger partial charge >= 0.3 is 6.18 Å². The van der Waals surface area contributed by atoms with E-state index in [1.807, 2.05) is 5.43 Å². The summed E-state index contributed by atoms with van der Waals surface area (Å²) in [6.45, 7) is 0. The molecule has 1 fully saturated rings. The fourth-order valence-corrected chi connectivity index (χ4v) is 1.54. The number of carbonyl (C=O) groups excluding carboxylic acids is 1. The van der Waals surface area contributed by atoms with Gasteiger partial charge in [0.15, 0.2) is 0 Å². The minimum Gasteiger partial charge on any atom is -0.349 e. The van der Waals surface area contributed by atoms with Crippen LogP contribution < -0.4 is 16.6 Å². The lowest BCUT2D eigenvalue weighted by Gasteiger charge is -2.13. The van der Waals surface area contributed by atoms with Crippen LogP contribution in [0.25, 0.3) is 0 Å². The summed E-state index contributed by atoms with van der Waals surface area (Å²) in [6.07, 6.45) is -2.81. The normalized spacial score (nSPS) is 15.3. The van der Waals surface area contributed by atoms with Crippen LogP contribution in [0.2, 0.25) is 0 Å². The summed E-state index contributed by atoms with van der Waals surface area (Å²) in [5.41, 5.74) is 0.740. The fourth-order valence-electron chi connectivity index (χ4n) is 1.54. The number of amides is 1. The second-order valence-corrected chi connectivity index (χ2v) is 4.15. The Morgan fingerprint density at radius 2 is 2.00 bits per heavy atom. The number of nitrogens with two attached hydrogens (primary N) is 1. The molecular weight excluding hydrogens is 247 g/mol. The Kier molecular flexibility index (Phi) is 3.16. The molecule has 0 spiro atoms. The topological polar surface area (TPSA) is 67.1 Å². The van der Waals surface area contributed by atoms with Gasteiger partial charge in [0.2, 0.25) is 0 Å². The number of hydrazine groups is 1. The van der Waals surface area contributed by atoms with Crippen molar-refractivity contribution in [2.75, 3.05) is 5.43 Å². The average Bonchev–Trinajstić information content (AvgIpc) is 3.11. The maximum absolute atomic E-state index is 12.7. The second-order valence-electron chi connectivity index (χ2n) is 4.15. The van der Waals surface area contributed by atoms with Crippen molar-refractivity contribution in [2.45, 2.75) is 25.1 Å². The first kappa shape index (κ1) is 12.7. The van der Waals surface area contributed by atoms with Gasteiger partial charge in [0.25, 0.3) is 5.91 Å². The molecule has 1 aromatic carbocycles. The molecule has 1 aromatic rings. The SMILES string of the molecule is NNc1ccc(C(=O)NC2CC2)cc1C(F)(F)F. The first-order chi connectivity index (χ1) is 8.41. The first-order valence-corrected chi connectivity index (χ1v) is 5.40. The lowest BCUT2D eigenvalue weighted by atomic mass is 10.1. The summed E-state index contributed by atoms with van der Waals surface area (Å²) in [4.78, 5) is 11.6. The Balaban J connectivity index is 2.29. The highest BCUT2D eigenvalue weighted by atomic mass is 19.4. The highest BCUT2D eigenvalue weighted by Gasteiger charge is 2.34. The van der Waals surface area contributed by atoms with Gasteiger partial charge in [0, 0.05) is 11.6 Å². The van der Waals surface area contributed by atoms with Crippen LogP contribution in [0.5, 0.6) is 0 Å². The molecule has 0 aromatic heterocycles. The maximum Gasteiger partial charge on any atom is 0.418 e. The number of rotatable bonds is 3. The molecule has 2 rings (SSSR count). The number of nitrogen functional groups attached to an aromatic ring is 1. The largest absolute Gasteiger partial charge is 0.418 e. The summed E-state index contributed by atoms with van der Waals surface area (Å²) < 4.78 is 38.2. The molecule has 1 saturated carbocycles. The van der Waals surface area contributed by atoms with Gasteiger partial charge in [-0.1, -0.05) is 0 Å². The van der Waals surface area contributed by atoms with Crippen molar-refractivity contribution in [1.29, 1.82) is 0 Å². The van der Waals surface area contributed by atoms with Crippen molar-refractivity contribution < 1.29 is 18.0 Å². The lowest BCUT2D eigenvalue weighted by molar-refractivity contribution is -0.137. The van der Waals surface area contributed by atoms with Gasteiger partial charge in [-0.25, -0.2) is 0 Å². The smallest absolute Gasteiger partial charge is 0.349 e. The average molecular weight is 259 g/mol. The Labute approximate surface area is 101 Å². The van der Waals surface area contributed by atoms with E-state index in [0.29, 0.717) is 0 Å². The van der Waals surface area contributed by atoms with E-state index < -0.39 is 17.6 Å². The van der Waals surface area contributed by atoms with Gasteiger partial charge in [0.05, 0.1) is 11.3 Å². The van der Waals surface area contributed by atoms with Crippen LogP contribution in [0, 0.1) is 0 Å². The molecule has 7 heteroatoms. The molecular formula is C11H12F3N3O. The van der Waals surface area contributed by atoms with E-state index >= 15 is 0 Å². The van der Waals surface area contributed by atoms with Gasteiger partial charge in [-0.15, -0.1) is 0 Å². The highest BCUT2D eigenvalue weighted by Crippen LogP contribution is 2.35. The number of alkyl halides is 3. The van der Waals surface area contributed by atoms with Crippen LogP contribution in [-0.2, 0) is 6.18 Å². The standard InChI is InChI=1S/C11H12F3N3O/c12-11(13,14)8-5-6(1-4-9(8)17-15)10(18)16-7-2-3-7/h1,4-5,7,17H,2-3,15H2,(H,16,18). The Hall–Kier alpha value is -1.76. The van der Waals surface area contributed by atoms with Crippen molar-refractivity contribution in [2.24, 2.45) is 5.84 Å².